The Balaban J connectivity index is 3.14. The topological polar surface area (TPSA) is 52.6 Å². The van der Waals surface area contributed by atoms with Crippen molar-refractivity contribution in [2.75, 3.05) is 6.61 Å². The molecule has 4 nitrogen and oxygen atoms in total. The summed E-state index contributed by atoms with van der Waals surface area (Å²) < 4.78 is 40.2. The van der Waals surface area contributed by atoms with Gasteiger partial charge in [-0.1, -0.05) is 13.8 Å². The van der Waals surface area contributed by atoms with Crippen LogP contribution in [0.1, 0.15) is 31.1 Å². The molecule has 0 radical (unpaired) electrons. The fraction of sp³-hybridized carbons (Fsp3) is 0.467. The standard InChI is InChI=1S/C15H15F2I3O4/c1-4-23-14(22)15(16,17)12(7(2)3)24-13(21)9-5-8(18)6-10(19)11(9)20/h5-7,12H,4H2,1-3H3. The van der Waals surface area contributed by atoms with Gasteiger partial charge in [0.15, 0.2) is 6.10 Å². The van der Waals surface area contributed by atoms with Gasteiger partial charge in [0, 0.05) is 10.7 Å². The quantitative estimate of drug-likeness (QED) is 0.245. The summed E-state index contributed by atoms with van der Waals surface area (Å²) >= 11 is 6.04. The SMILES string of the molecule is CCOC(=O)C(F)(F)C(OC(=O)c1cc(I)cc(I)c1I)C(C)C. The van der Waals surface area contributed by atoms with Crippen molar-refractivity contribution in [3.8, 4) is 0 Å². The molecular weight excluding hydrogens is 663 g/mol. The molecule has 0 bridgehead atoms. The molecule has 0 fully saturated rings. The summed E-state index contributed by atoms with van der Waals surface area (Å²) in [7, 11) is 0. The Kier molecular flexibility index (Phi) is 8.56. The first-order valence-electron chi connectivity index (χ1n) is 6.92. The predicted octanol–water partition coefficient (Wildman–Crippen LogP) is 4.88. The van der Waals surface area contributed by atoms with Crippen LogP contribution < -0.4 is 0 Å². The number of carbonyl (C=O) groups excluding carboxylic acids is 2. The maximum atomic E-state index is 14.3. The Morgan fingerprint density at radius 2 is 1.79 bits per heavy atom. The van der Waals surface area contributed by atoms with E-state index in [4.69, 9.17) is 4.74 Å². The van der Waals surface area contributed by atoms with Crippen molar-refractivity contribution in [3.63, 3.8) is 0 Å². The fourth-order valence-electron chi connectivity index (χ4n) is 1.86. The van der Waals surface area contributed by atoms with Crippen molar-refractivity contribution in [3.05, 3.63) is 28.4 Å². The van der Waals surface area contributed by atoms with E-state index < -0.39 is 29.9 Å². The highest BCUT2D eigenvalue weighted by Crippen LogP contribution is 2.31. The van der Waals surface area contributed by atoms with Gasteiger partial charge in [-0.15, -0.1) is 0 Å². The van der Waals surface area contributed by atoms with Crippen LogP contribution >= 0.6 is 67.8 Å². The van der Waals surface area contributed by atoms with Crippen LogP contribution in [0.15, 0.2) is 12.1 Å². The molecule has 0 amide bonds. The molecule has 0 saturated carbocycles. The van der Waals surface area contributed by atoms with E-state index in [1.165, 1.54) is 20.8 Å². The van der Waals surface area contributed by atoms with Crippen molar-refractivity contribution in [1.29, 1.82) is 0 Å². The molecular formula is C15H15F2I3O4. The van der Waals surface area contributed by atoms with E-state index >= 15 is 0 Å². The first kappa shape index (κ1) is 22.3. The maximum Gasteiger partial charge on any atom is 0.381 e. The highest BCUT2D eigenvalue weighted by molar-refractivity contribution is 14.1. The lowest BCUT2D eigenvalue weighted by Crippen LogP contribution is -2.48. The minimum Gasteiger partial charge on any atom is -0.461 e. The molecule has 24 heavy (non-hydrogen) atoms. The van der Waals surface area contributed by atoms with Gasteiger partial charge in [0.2, 0.25) is 0 Å². The molecule has 0 saturated heterocycles. The van der Waals surface area contributed by atoms with Crippen LogP contribution in [0.5, 0.6) is 0 Å². The molecule has 1 unspecified atom stereocenters. The van der Waals surface area contributed by atoms with Gasteiger partial charge in [0.25, 0.3) is 0 Å². The molecule has 0 aliphatic carbocycles. The van der Waals surface area contributed by atoms with Gasteiger partial charge in [-0.25, -0.2) is 9.59 Å². The van der Waals surface area contributed by atoms with Crippen LogP contribution in [0.25, 0.3) is 0 Å². The van der Waals surface area contributed by atoms with E-state index in [9.17, 15) is 18.4 Å². The maximum absolute atomic E-state index is 14.3. The lowest BCUT2D eigenvalue weighted by molar-refractivity contribution is -0.192. The van der Waals surface area contributed by atoms with Gasteiger partial charge >= 0.3 is 17.9 Å². The first-order valence-corrected chi connectivity index (χ1v) is 10.2. The van der Waals surface area contributed by atoms with E-state index in [1.807, 2.05) is 51.2 Å². The normalized spacial score (nSPS) is 12.9. The van der Waals surface area contributed by atoms with Crippen LogP contribution in [0.4, 0.5) is 8.78 Å². The van der Waals surface area contributed by atoms with Crippen LogP contribution in [-0.4, -0.2) is 30.6 Å². The Morgan fingerprint density at radius 3 is 2.29 bits per heavy atom. The third kappa shape index (κ3) is 5.35. The monoisotopic (exact) mass is 678 g/mol. The Morgan fingerprint density at radius 1 is 1.21 bits per heavy atom. The van der Waals surface area contributed by atoms with E-state index in [0.717, 1.165) is 7.14 Å². The zero-order valence-corrected chi connectivity index (χ0v) is 19.5. The molecule has 1 aromatic carbocycles. The zero-order valence-electron chi connectivity index (χ0n) is 13.0. The zero-order chi connectivity index (χ0) is 18.7. The van der Waals surface area contributed by atoms with Crippen LogP contribution in [-0.2, 0) is 14.3 Å². The van der Waals surface area contributed by atoms with E-state index in [-0.39, 0.29) is 12.2 Å². The highest BCUT2D eigenvalue weighted by Gasteiger charge is 2.52. The van der Waals surface area contributed by atoms with Crippen molar-refractivity contribution >= 4 is 79.7 Å². The lowest BCUT2D eigenvalue weighted by atomic mass is 10.0. The minimum absolute atomic E-state index is 0.180. The van der Waals surface area contributed by atoms with Gasteiger partial charge in [-0.2, -0.15) is 8.78 Å². The molecule has 0 N–H and O–H groups in total. The number of rotatable bonds is 6. The highest BCUT2D eigenvalue weighted by atomic mass is 127. The Hall–Kier alpha value is 0.210. The van der Waals surface area contributed by atoms with Crippen molar-refractivity contribution in [1.82, 2.24) is 0 Å². The van der Waals surface area contributed by atoms with Crippen molar-refractivity contribution < 1.29 is 27.8 Å². The second-order valence-electron chi connectivity index (χ2n) is 5.16. The van der Waals surface area contributed by atoms with Crippen LogP contribution in [0.3, 0.4) is 0 Å². The minimum atomic E-state index is -3.92. The fourth-order valence-corrected chi connectivity index (χ4v) is 4.23. The van der Waals surface area contributed by atoms with E-state index in [0.29, 0.717) is 3.57 Å². The van der Waals surface area contributed by atoms with Gasteiger partial charge in [0.1, 0.15) is 0 Å². The lowest BCUT2D eigenvalue weighted by Gasteiger charge is -2.28. The van der Waals surface area contributed by atoms with Crippen molar-refractivity contribution in [2.24, 2.45) is 5.92 Å². The summed E-state index contributed by atoms with van der Waals surface area (Å²) in [4.78, 5) is 23.9. The number of alkyl halides is 2. The number of esters is 2. The van der Waals surface area contributed by atoms with Gasteiger partial charge < -0.3 is 9.47 Å². The van der Waals surface area contributed by atoms with Gasteiger partial charge in [-0.05, 0) is 92.7 Å². The third-order valence-electron chi connectivity index (χ3n) is 2.96. The number of halogens is 5. The van der Waals surface area contributed by atoms with E-state index in [2.05, 4.69) is 27.3 Å². The molecule has 9 heteroatoms. The second kappa shape index (κ2) is 9.24. The summed E-state index contributed by atoms with van der Waals surface area (Å²) in [5.74, 6) is -7.27. The summed E-state index contributed by atoms with van der Waals surface area (Å²) in [5.41, 5.74) is 0.192. The summed E-state index contributed by atoms with van der Waals surface area (Å²) in [6, 6.07) is 3.42. The second-order valence-corrected chi connectivity index (χ2v) is 8.65. The average molecular weight is 678 g/mol. The number of hydrogen-bond donors (Lipinski definition) is 0. The molecule has 0 spiro atoms. The Bertz CT molecular complexity index is 635. The first-order chi connectivity index (χ1) is 11.0. The molecule has 0 aliphatic heterocycles. The summed E-state index contributed by atoms with van der Waals surface area (Å²) in [5, 5.41) is 0. The summed E-state index contributed by atoms with van der Waals surface area (Å²) in [6.45, 7) is 4.16. The number of benzene rings is 1. The molecule has 1 rings (SSSR count). The van der Waals surface area contributed by atoms with Crippen molar-refractivity contribution in [2.45, 2.75) is 32.8 Å². The molecule has 0 aromatic heterocycles. The van der Waals surface area contributed by atoms with Crippen LogP contribution in [0, 0.1) is 16.6 Å². The molecule has 1 atom stereocenters. The number of carbonyl (C=O) groups is 2. The molecule has 0 aliphatic rings. The smallest absolute Gasteiger partial charge is 0.381 e. The summed E-state index contributed by atoms with van der Waals surface area (Å²) in [6.07, 6.45) is -1.91. The average Bonchev–Trinajstić information content (AvgIpc) is 2.47. The molecule has 1 aromatic rings. The van der Waals surface area contributed by atoms with Gasteiger partial charge in [0.05, 0.1) is 12.2 Å². The molecule has 0 heterocycles. The Labute approximate surface area is 179 Å². The van der Waals surface area contributed by atoms with Crippen LogP contribution in [0.2, 0.25) is 0 Å². The van der Waals surface area contributed by atoms with E-state index in [1.54, 1.807) is 6.07 Å². The van der Waals surface area contributed by atoms with Gasteiger partial charge in [-0.3, -0.25) is 0 Å². The molecule has 134 valence electrons. The largest absolute Gasteiger partial charge is 0.461 e. The third-order valence-corrected chi connectivity index (χ3v) is 6.63. The number of hydrogen-bond acceptors (Lipinski definition) is 4. The number of ether oxygens (including phenoxy) is 2. The predicted molar refractivity (Wildman–Crippen MR) is 110 cm³/mol.